The van der Waals surface area contributed by atoms with Gasteiger partial charge in [-0.25, -0.2) is 4.79 Å². The molecule has 0 N–H and O–H groups in total. The van der Waals surface area contributed by atoms with E-state index in [-0.39, 0.29) is 5.63 Å². The van der Waals surface area contributed by atoms with Crippen molar-refractivity contribution in [3.05, 3.63) is 75.6 Å². The third kappa shape index (κ3) is 2.63. The van der Waals surface area contributed by atoms with Gasteiger partial charge in [0.1, 0.15) is 5.58 Å². The van der Waals surface area contributed by atoms with Crippen molar-refractivity contribution < 1.29 is 4.42 Å². The normalized spacial score (nSPS) is 14.0. The maximum absolute atomic E-state index is 11.9. The average Bonchev–Trinajstić information content (AvgIpc) is 2.54. The zero-order valence-corrected chi connectivity index (χ0v) is 13.2. The van der Waals surface area contributed by atoms with Gasteiger partial charge in [-0.1, -0.05) is 30.3 Å². The highest BCUT2D eigenvalue weighted by atomic mass is 16.4. The number of nitrogens with zero attached hydrogens (tertiary/aromatic N) is 1. The molecule has 3 nitrogen and oxygen atoms in total. The first-order valence-corrected chi connectivity index (χ1v) is 8.07. The summed E-state index contributed by atoms with van der Waals surface area (Å²) in [6, 6.07) is 16.2. The molecule has 1 aliphatic heterocycles. The third-order valence-corrected chi connectivity index (χ3v) is 4.55. The Morgan fingerprint density at radius 1 is 1.13 bits per heavy atom. The number of hydrogen-bond acceptors (Lipinski definition) is 3. The quantitative estimate of drug-likeness (QED) is 0.670. The van der Waals surface area contributed by atoms with Gasteiger partial charge in [0.2, 0.25) is 0 Å². The number of anilines is 1. The summed E-state index contributed by atoms with van der Waals surface area (Å²) in [5.41, 5.74) is 5.21. The van der Waals surface area contributed by atoms with E-state index in [0.717, 1.165) is 42.4 Å². The van der Waals surface area contributed by atoms with Gasteiger partial charge in [0, 0.05) is 30.2 Å². The van der Waals surface area contributed by atoms with Crippen LogP contribution >= 0.6 is 0 Å². The number of aryl methyl sites for hydroxylation is 2. The van der Waals surface area contributed by atoms with E-state index in [0.29, 0.717) is 5.58 Å². The molecule has 0 saturated heterocycles. The van der Waals surface area contributed by atoms with E-state index in [1.165, 1.54) is 11.3 Å². The van der Waals surface area contributed by atoms with E-state index < -0.39 is 0 Å². The molecule has 0 bridgehead atoms. The largest absolute Gasteiger partial charge is 0.423 e. The highest BCUT2D eigenvalue weighted by molar-refractivity contribution is 5.81. The van der Waals surface area contributed by atoms with Crippen molar-refractivity contribution in [2.24, 2.45) is 0 Å². The van der Waals surface area contributed by atoms with Crippen molar-refractivity contribution in [1.29, 1.82) is 0 Å². The van der Waals surface area contributed by atoms with Crippen LogP contribution in [0.1, 0.15) is 23.1 Å². The minimum atomic E-state index is -0.275. The van der Waals surface area contributed by atoms with Crippen LogP contribution in [0.25, 0.3) is 11.0 Å². The molecule has 3 heteroatoms. The summed E-state index contributed by atoms with van der Waals surface area (Å²) in [7, 11) is 0. The van der Waals surface area contributed by atoms with Gasteiger partial charge in [-0.15, -0.1) is 0 Å². The zero-order chi connectivity index (χ0) is 15.8. The molecule has 0 fully saturated rings. The Labute approximate surface area is 135 Å². The van der Waals surface area contributed by atoms with Gasteiger partial charge < -0.3 is 9.32 Å². The molecule has 0 atom stereocenters. The number of benzene rings is 2. The standard InChI is InChI=1S/C20H19NO2/c1-14-8-9-17-16(12-20(22)23-19(17)11-14)13-21-10-4-6-15-5-2-3-7-18(15)21/h2-3,5,7-9,11-12H,4,6,10,13H2,1H3. The molecule has 3 aromatic rings. The third-order valence-electron chi connectivity index (χ3n) is 4.55. The Bertz CT molecular complexity index is 926. The molecule has 4 rings (SSSR count). The molecule has 2 aromatic carbocycles. The second kappa shape index (κ2) is 5.58. The SMILES string of the molecule is Cc1ccc2c(CN3CCCc4ccccc43)cc(=O)oc2c1. The van der Waals surface area contributed by atoms with Crippen molar-refractivity contribution in [2.45, 2.75) is 26.3 Å². The molecule has 1 aromatic heterocycles. The first-order valence-electron chi connectivity index (χ1n) is 8.07. The predicted octanol–water partition coefficient (Wildman–Crippen LogP) is 4.05. The van der Waals surface area contributed by atoms with Crippen LogP contribution in [0.15, 0.2) is 57.7 Å². The Balaban J connectivity index is 1.78. The minimum Gasteiger partial charge on any atom is -0.423 e. The van der Waals surface area contributed by atoms with Crippen LogP contribution in [0.4, 0.5) is 5.69 Å². The van der Waals surface area contributed by atoms with E-state index in [9.17, 15) is 4.79 Å². The minimum absolute atomic E-state index is 0.275. The summed E-state index contributed by atoms with van der Waals surface area (Å²) in [5, 5.41) is 1.03. The fraction of sp³-hybridized carbons (Fsp3) is 0.250. The molecule has 0 radical (unpaired) electrons. The first kappa shape index (κ1) is 14.1. The Hall–Kier alpha value is -2.55. The van der Waals surface area contributed by atoms with Crippen LogP contribution in [-0.4, -0.2) is 6.54 Å². The summed E-state index contributed by atoms with van der Waals surface area (Å²) in [6.45, 7) is 3.76. The van der Waals surface area contributed by atoms with Crippen molar-refractivity contribution in [2.75, 3.05) is 11.4 Å². The van der Waals surface area contributed by atoms with Crippen molar-refractivity contribution >= 4 is 16.7 Å². The summed E-state index contributed by atoms with van der Waals surface area (Å²) < 4.78 is 5.37. The van der Waals surface area contributed by atoms with E-state index >= 15 is 0 Å². The molecule has 0 saturated carbocycles. The zero-order valence-electron chi connectivity index (χ0n) is 13.2. The lowest BCUT2D eigenvalue weighted by Gasteiger charge is -2.31. The maximum atomic E-state index is 11.9. The smallest absolute Gasteiger partial charge is 0.336 e. The monoisotopic (exact) mass is 305 g/mol. The summed E-state index contributed by atoms with van der Waals surface area (Å²) in [4.78, 5) is 14.3. The lowest BCUT2D eigenvalue weighted by atomic mass is 10.0. The summed E-state index contributed by atoms with van der Waals surface area (Å²) in [5.74, 6) is 0. The van der Waals surface area contributed by atoms with E-state index in [1.807, 2.05) is 13.0 Å². The predicted molar refractivity (Wildman–Crippen MR) is 93.0 cm³/mol. The number of para-hydroxylation sites is 1. The van der Waals surface area contributed by atoms with Crippen LogP contribution < -0.4 is 10.5 Å². The molecule has 1 aliphatic rings. The van der Waals surface area contributed by atoms with E-state index in [2.05, 4.69) is 41.3 Å². The van der Waals surface area contributed by atoms with Crippen molar-refractivity contribution in [1.82, 2.24) is 0 Å². The molecular weight excluding hydrogens is 286 g/mol. The average molecular weight is 305 g/mol. The van der Waals surface area contributed by atoms with E-state index in [4.69, 9.17) is 4.42 Å². The lowest BCUT2D eigenvalue weighted by Crippen LogP contribution is -2.29. The van der Waals surface area contributed by atoms with Gasteiger partial charge in [0.05, 0.1) is 0 Å². The van der Waals surface area contributed by atoms with Gasteiger partial charge in [0.25, 0.3) is 0 Å². The Morgan fingerprint density at radius 2 is 2.00 bits per heavy atom. The molecule has 116 valence electrons. The molecule has 0 unspecified atom stereocenters. The fourth-order valence-corrected chi connectivity index (χ4v) is 3.45. The molecule has 2 heterocycles. The number of hydrogen-bond donors (Lipinski definition) is 0. The Morgan fingerprint density at radius 3 is 2.91 bits per heavy atom. The molecule has 23 heavy (non-hydrogen) atoms. The first-order chi connectivity index (χ1) is 11.2. The van der Waals surface area contributed by atoms with Crippen molar-refractivity contribution in [3.8, 4) is 0 Å². The van der Waals surface area contributed by atoms with Crippen LogP contribution in [0.5, 0.6) is 0 Å². The highest BCUT2D eigenvalue weighted by Gasteiger charge is 2.17. The highest BCUT2D eigenvalue weighted by Crippen LogP contribution is 2.29. The molecule has 0 amide bonds. The van der Waals surface area contributed by atoms with Crippen LogP contribution in [-0.2, 0) is 13.0 Å². The molecular formula is C20H19NO2. The number of rotatable bonds is 2. The lowest BCUT2D eigenvalue weighted by molar-refractivity contribution is 0.557. The van der Waals surface area contributed by atoms with E-state index in [1.54, 1.807) is 6.07 Å². The molecule has 0 aliphatic carbocycles. The van der Waals surface area contributed by atoms with Crippen LogP contribution in [0.3, 0.4) is 0 Å². The van der Waals surface area contributed by atoms with Gasteiger partial charge in [-0.2, -0.15) is 0 Å². The second-order valence-corrected chi connectivity index (χ2v) is 6.24. The summed E-state index contributed by atoms with van der Waals surface area (Å²) in [6.07, 6.45) is 2.28. The maximum Gasteiger partial charge on any atom is 0.336 e. The Kier molecular flexibility index (Phi) is 3.41. The van der Waals surface area contributed by atoms with Gasteiger partial charge >= 0.3 is 5.63 Å². The summed E-state index contributed by atoms with van der Waals surface area (Å²) >= 11 is 0. The second-order valence-electron chi connectivity index (χ2n) is 6.24. The van der Waals surface area contributed by atoms with Gasteiger partial charge in [-0.05, 0) is 48.6 Å². The van der Waals surface area contributed by atoms with Crippen molar-refractivity contribution in [3.63, 3.8) is 0 Å². The fourth-order valence-electron chi connectivity index (χ4n) is 3.45. The van der Waals surface area contributed by atoms with Crippen LogP contribution in [0.2, 0.25) is 0 Å². The van der Waals surface area contributed by atoms with Gasteiger partial charge in [-0.3, -0.25) is 0 Å². The van der Waals surface area contributed by atoms with Crippen LogP contribution in [0, 0.1) is 6.92 Å². The topological polar surface area (TPSA) is 33.5 Å². The number of fused-ring (bicyclic) bond motifs is 2. The molecule has 0 spiro atoms. The van der Waals surface area contributed by atoms with Gasteiger partial charge in [0.15, 0.2) is 0 Å².